The molecule has 1 aromatic carbocycles. The van der Waals surface area contributed by atoms with Gasteiger partial charge in [0, 0.05) is 6.07 Å². The third-order valence-corrected chi connectivity index (χ3v) is 2.51. The lowest BCUT2D eigenvalue weighted by Crippen LogP contribution is -2.12. The van der Waals surface area contributed by atoms with Gasteiger partial charge in [0.15, 0.2) is 0 Å². The first-order valence-electron chi connectivity index (χ1n) is 6.02. The third kappa shape index (κ3) is 3.17. The number of rotatable bonds is 4. The zero-order chi connectivity index (χ0) is 14.5. The largest absolute Gasteiger partial charge is 0.508 e. The van der Waals surface area contributed by atoms with E-state index < -0.39 is 5.91 Å². The fourth-order valence-electron chi connectivity index (χ4n) is 1.59. The predicted molar refractivity (Wildman–Crippen MR) is 73.1 cm³/mol. The van der Waals surface area contributed by atoms with E-state index in [0.29, 0.717) is 18.2 Å². The molecule has 0 aliphatic heterocycles. The molecule has 1 amide bonds. The molecule has 0 aliphatic rings. The number of carbonyl (C=O) groups is 1. The molecule has 0 bridgehead atoms. The number of amides is 1. The molecule has 0 saturated carbocycles. The fourth-order valence-corrected chi connectivity index (χ4v) is 1.59. The summed E-state index contributed by atoms with van der Waals surface area (Å²) in [5, 5.41) is 21.5. The average molecular weight is 274 g/mol. The number of aromatic nitrogens is 1. The number of pyridine rings is 1. The highest BCUT2D eigenvalue weighted by molar-refractivity contribution is 6.06. The highest BCUT2D eigenvalue weighted by Gasteiger charge is 2.12. The highest BCUT2D eigenvalue weighted by Crippen LogP contribution is 2.23. The van der Waals surface area contributed by atoms with Crippen LogP contribution in [0.4, 0.5) is 5.69 Å². The van der Waals surface area contributed by atoms with Crippen LogP contribution in [-0.2, 0) is 0 Å². The number of phenols is 2. The molecular formula is C14H14N2O4. The molecule has 0 saturated heterocycles. The summed E-state index contributed by atoms with van der Waals surface area (Å²) < 4.78 is 5.19. The predicted octanol–water partition coefficient (Wildman–Crippen LogP) is 2.14. The number of nitrogens with zero attached hydrogens (tertiary/aromatic N) is 1. The summed E-state index contributed by atoms with van der Waals surface area (Å²) in [4.78, 5) is 16.0. The van der Waals surface area contributed by atoms with E-state index in [4.69, 9.17) is 4.74 Å². The molecule has 0 aliphatic carbocycles. The topological polar surface area (TPSA) is 91.7 Å². The molecule has 2 rings (SSSR count). The molecule has 6 nitrogen and oxygen atoms in total. The maximum atomic E-state index is 12.0. The van der Waals surface area contributed by atoms with Crippen molar-refractivity contribution in [1.29, 1.82) is 0 Å². The fraction of sp³-hybridized carbons (Fsp3) is 0.143. The van der Waals surface area contributed by atoms with Gasteiger partial charge in [0.1, 0.15) is 11.5 Å². The normalized spacial score (nSPS) is 10.1. The molecule has 1 aromatic heterocycles. The minimum absolute atomic E-state index is 0.0149. The van der Waals surface area contributed by atoms with Gasteiger partial charge < -0.3 is 20.3 Å². The number of nitrogens with one attached hydrogen (secondary N) is 1. The Labute approximate surface area is 115 Å². The molecule has 1 heterocycles. The SMILES string of the molecule is CCOc1ccc(NC(=O)c2cc(O)ccc2O)cn1. The summed E-state index contributed by atoms with van der Waals surface area (Å²) in [6.45, 7) is 2.36. The Kier molecular flexibility index (Phi) is 4.05. The van der Waals surface area contributed by atoms with E-state index in [-0.39, 0.29) is 17.1 Å². The Morgan fingerprint density at radius 3 is 2.75 bits per heavy atom. The van der Waals surface area contributed by atoms with Crippen LogP contribution in [-0.4, -0.2) is 27.7 Å². The van der Waals surface area contributed by atoms with E-state index in [9.17, 15) is 15.0 Å². The number of ether oxygens (including phenoxy) is 1. The van der Waals surface area contributed by atoms with E-state index >= 15 is 0 Å². The van der Waals surface area contributed by atoms with Crippen LogP contribution in [0.5, 0.6) is 17.4 Å². The van der Waals surface area contributed by atoms with Crippen molar-refractivity contribution in [3.63, 3.8) is 0 Å². The molecule has 0 unspecified atom stereocenters. The van der Waals surface area contributed by atoms with Gasteiger partial charge in [-0.3, -0.25) is 4.79 Å². The monoisotopic (exact) mass is 274 g/mol. The standard InChI is InChI=1S/C14H14N2O4/c1-2-20-13-6-3-9(8-15-13)16-14(19)11-7-10(17)4-5-12(11)18/h3-8,17-18H,2H2,1H3,(H,16,19). The molecule has 20 heavy (non-hydrogen) atoms. The van der Waals surface area contributed by atoms with Crippen molar-refractivity contribution in [1.82, 2.24) is 4.98 Å². The van der Waals surface area contributed by atoms with E-state index in [1.54, 1.807) is 12.1 Å². The molecule has 0 fully saturated rings. The Bertz CT molecular complexity index is 611. The molecule has 104 valence electrons. The van der Waals surface area contributed by atoms with Gasteiger partial charge in [-0.1, -0.05) is 0 Å². The van der Waals surface area contributed by atoms with Gasteiger partial charge in [0.05, 0.1) is 24.1 Å². The van der Waals surface area contributed by atoms with Crippen LogP contribution < -0.4 is 10.1 Å². The average Bonchev–Trinajstić information content (AvgIpc) is 2.44. The van der Waals surface area contributed by atoms with Crippen LogP contribution in [0.2, 0.25) is 0 Å². The van der Waals surface area contributed by atoms with Crippen molar-refractivity contribution in [2.75, 3.05) is 11.9 Å². The Morgan fingerprint density at radius 2 is 2.10 bits per heavy atom. The van der Waals surface area contributed by atoms with Gasteiger partial charge in [0.25, 0.3) is 5.91 Å². The number of carbonyl (C=O) groups excluding carboxylic acids is 1. The maximum absolute atomic E-state index is 12.0. The number of anilines is 1. The van der Waals surface area contributed by atoms with Gasteiger partial charge >= 0.3 is 0 Å². The van der Waals surface area contributed by atoms with E-state index in [1.165, 1.54) is 24.4 Å². The summed E-state index contributed by atoms with van der Waals surface area (Å²) in [6.07, 6.45) is 1.45. The Hall–Kier alpha value is -2.76. The van der Waals surface area contributed by atoms with Crippen LogP contribution in [0.15, 0.2) is 36.5 Å². The number of hydrogen-bond acceptors (Lipinski definition) is 5. The summed E-state index contributed by atoms with van der Waals surface area (Å²) in [5.41, 5.74) is 0.445. The molecule has 6 heteroatoms. The third-order valence-electron chi connectivity index (χ3n) is 2.51. The zero-order valence-electron chi connectivity index (χ0n) is 10.8. The van der Waals surface area contributed by atoms with Gasteiger partial charge in [0.2, 0.25) is 5.88 Å². The molecule has 3 N–H and O–H groups in total. The molecule has 2 aromatic rings. The second-order valence-corrected chi connectivity index (χ2v) is 3.97. The summed E-state index contributed by atoms with van der Waals surface area (Å²) in [6, 6.07) is 7.00. The highest BCUT2D eigenvalue weighted by atomic mass is 16.5. The lowest BCUT2D eigenvalue weighted by Gasteiger charge is -2.08. The van der Waals surface area contributed by atoms with Crippen LogP contribution in [0.1, 0.15) is 17.3 Å². The summed E-state index contributed by atoms with van der Waals surface area (Å²) in [7, 11) is 0. The second kappa shape index (κ2) is 5.92. The van der Waals surface area contributed by atoms with Crippen molar-refractivity contribution in [2.24, 2.45) is 0 Å². The van der Waals surface area contributed by atoms with Crippen molar-refractivity contribution in [3.05, 3.63) is 42.1 Å². The van der Waals surface area contributed by atoms with Crippen molar-refractivity contribution >= 4 is 11.6 Å². The summed E-state index contributed by atoms with van der Waals surface area (Å²) >= 11 is 0. The van der Waals surface area contributed by atoms with E-state index in [1.807, 2.05) is 6.92 Å². The lowest BCUT2D eigenvalue weighted by atomic mass is 10.1. The maximum Gasteiger partial charge on any atom is 0.259 e. The molecule has 0 atom stereocenters. The first kappa shape index (κ1) is 13.7. The number of benzene rings is 1. The minimum Gasteiger partial charge on any atom is -0.508 e. The number of aromatic hydroxyl groups is 2. The van der Waals surface area contributed by atoms with Crippen LogP contribution >= 0.6 is 0 Å². The van der Waals surface area contributed by atoms with Gasteiger partial charge in [-0.2, -0.15) is 0 Å². The zero-order valence-corrected chi connectivity index (χ0v) is 10.8. The van der Waals surface area contributed by atoms with Crippen molar-refractivity contribution in [3.8, 4) is 17.4 Å². The Morgan fingerprint density at radius 1 is 1.30 bits per heavy atom. The number of hydrogen-bond donors (Lipinski definition) is 3. The number of phenolic OH excluding ortho intramolecular Hbond substituents is 2. The first-order valence-corrected chi connectivity index (χ1v) is 6.02. The first-order chi connectivity index (χ1) is 9.60. The van der Waals surface area contributed by atoms with E-state index in [2.05, 4.69) is 10.3 Å². The summed E-state index contributed by atoms with van der Waals surface area (Å²) in [5.74, 6) is -0.382. The molecular weight excluding hydrogens is 260 g/mol. The van der Waals surface area contributed by atoms with E-state index in [0.717, 1.165) is 0 Å². The van der Waals surface area contributed by atoms with Crippen molar-refractivity contribution < 1.29 is 19.7 Å². The smallest absolute Gasteiger partial charge is 0.259 e. The second-order valence-electron chi connectivity index (χ2n) is 3.97. The van der Waals surface area contributed by atoms with Crippen molar-refractivity contribution in [2.45, 2.75) is 6.92 Å². The van der Waals surface area contributed by atoms with Crippen LogP contribution in [0.25, 0.3) is 0 Å². The Balaban J connectivity index is 2.13. The van der Waals surface area contributed by atoms with Gasteiger partial charge in [-0.25, -0.2) is 4.98 Å². The van der Waals surface area contributed by atoms with Crippen LogP contribution in [0, 0.1) is 0 Å². The van der Waals surface area contributed by atoms with Crippen LogP contribution in [0.3, 0.4) is 0 Å². The van der Waals surface area contributed by atoms with Gasteiger partial charge in [-0.05, 0) is 31.2 Å². The quantitative estimate of drug-likeness (QED) is 0.743. The molecule has 0 spiro atoms. The van der Waals surface area contributed by atoms with Gasteiger partial charge in [-0.15, -0.1) is 0 Å². The molecule has 0 radical (unpaired) electrons. The minimum atomic E-state index is -0.538. The lowest BCUT2D eigenvalue weighted by molar-refractivity contribution is 0.102.